The van der Waals surface area contributed by atoms with E-state index in [0.717, 1.165) is 28.3 Å². The van der Waals surface area contributed by atoms with Crippen LogP contribution in [0.15, 0.2) is 83.8 Å². The molecule has 3 rings (SSSR count). The zero-order valence-electron chi connectivity index (χ0n) is 23.7. The van der Waals surface area contributed by atoms with E-state index in [1.807, 2.05) is 45.0 Å². The highest BCUT2D eigenvalue weighted by atomic mass is 32.2. The minimum atomic E-state index is -4.13. The minimum Gasteiger partial charge on any atom is -0.497 e. The molecule has 0 heterocycles. The van der Waals surface area contributed by atoms with E-state index in [1.165, 1.54) is 24.1 Å². The van der Waals surface area contributed by atoms with Crippen LogP contribution >= 0.6 is 0 Å². The first-order chi connectivity index (χ1) is 19.2. The molecule has 0 aliphatic heterocycles. The molecule has 8 nitrogen and oxygen atoms in total. The average Bonchev–Trinajstić information content (AvgIpc) is 2.97. The number of methoxy groups -OCH3 is 1. The van der Waals surface area contributed by atoms with Crippen LogP contribution in [-0.2, 0) is 26.2 Å². The molecule has 0 spiro atoms. The SMILES string of the molecule is CCCCNC(=O)C(CC)N(Cc1ccc(C)cc1)C(=O)CN(c1cccc(OC)c1)S(=O)(=O)c1ccccc1. The molecule has 40 heavy (non-hydrogen) atoms. The van der Waals surface area contributed by atoms with Crippen molar-refractivity contribution >= 4 is 27.5 Å². The predicted molar refractivity (Wildman–Crippen MR) is 158 cm³/mol. The van der Waals surface area contributed by atoms with E-state index >= 15 is 0 Å². The number of ether oxygens (including phenoxy) is 1. The fourth-order valence-corrected chi connectivity index (χ4v) is 5.76. The maximum atomic E-state index is 14.1. The van der Waals surface area contributed by atoms with Crippen LogP contribution < -0.4 is 14.4 Å². The van der Waals surface area contributed by atoms with Gasteiger partial charge in [-0.25, -0.2) is 8.42 Å². The molecule has 0 saturated heterocycles. The molecule has 1 atom stereocenters. The number of anilines is 1. The van der Waals surface area contributed by atoms with Crippen molar-refractivity contribution in [3.63, 3.8) is 0 Å². The third kappa shape index (κ3) is 7.85. The van der Waals surface area contributed by atoms with Gasteiger partial charge in [0.15, 0.2) is 0 Å². The number of nitrogens with zero attached hydrogens (tertiary/aromatic N) is 2. The molecule has 0 saturated carbocycles. The molecule has 214 valence electrons. The number of hydrogen-bond acceptors (Lipinski definition) is 5. The van der Waals surface area contributed by atoms with E-state index in [2.05, 4.69) is 5.32 Å². The topological polar surface area (TPSA) is 96.0 Å². The molecule has 1 unspecified atom stereocenters. The Labute approximate surface area is 238 Å². The van der Waals surface area contributed by atoms with E-state index in [1.54, 1.807) is 42.5 Å². The van der Waals surface area contributed by atoms with Crippen molar-refractivity contribution in [2.75, 3.05) is 24.5 Å². The summed E-state index contributed by atoms with van der Waals surface area (Å²) in [4.78, 5) is 28.9. The summed E-state index contributed by atoms with van der Waals surface area (Å²) < 4.78 is 34.1. The summed E-state index contributed by atoms with van der Waals surface area (Å²) in [7, 11) is -2.63. The van der Waals surface area contributed by atoms with Gasteiger partial charge in [-0.2, -0.15) is 0 Å². The van der Waals surface area contributed by atoms with Gasteiger partial charge in [-0.1, -0.05) is 74.4 Å². The predicted octanol–water partition coefficient (Wildman–Crippen LogP) is 4.92. The molecule has 0 fully saturated rings. The van der Waals surface area contributed by atoms with E-state index < -0.39 is 28.5 Å². The van der Waals surface area contributed by atoms with Gasteiger partial charge in [-0.15, -0.1) is 0 Å². The zero-order valence-corrected chi connectivity index (χ0v) is 24.5. The summed E-state index contributed by atoms with van der Waals surface area (Å²) in [5, 5.41) is 2.94. The normalized spacial score (nSPS) is 11.9. The van der Waals surface area contributed by atoms with Crippen molar-refractivity contribution in [2.24, 2.45) is 0 Å². The first-order valence-corrected chi connectivity index (χ1v) is 15.0. The lowest BCUT2D eigenvalue weighted by Gasteiger charge is -2.33. The lowest BCUT2D eigenvalue weighted by Crippen LogP contribution is -2.52. The van der Waals surface area contributed by atoms with Crippen molar-refractivity contribution in [3.05, 3.63) is 90.0 Å². The van der Waals surface area contributed by atoms with Crippen LogP contribution in [-0.4, -0.2) is 51.4 Å². The molecule has 0 bridgehead atoms. The number of unbranched alkanes of at least 4 members (excludes halogenated alkanes) is 1. The molecular weight excluding hydrogens is 526 g/mol. The fraction of sp³-hybridized carbons (Fsp3) is 0.355. The highest BCUT2D eigenvalue weighted by Crippen LogP contribution is 2.27. The Bertz CT molecular complexity index is 1360. The van der Waals surface area contributed by atoms with Crippen LogP contribution in [0.5, 0.6) is 5.75 Å². The molecule has 2 amide bonds. The highest BCUT2D eigenvalue weighted by Gasteiger charge is 2.33. The number of benzene rings is 3. The Morgan fingerprint density at radius 2 is 1.65 bits per heavy atom. The van der Waals surface area contributed by atoms with Gasteiger partial charge in [0.05, 0.1) is 17.7 Å². The van der Waals surface area contributed by atoms with Crippen molar-refractivity contribution in [1.29, 1.82) is 0 Å². The van der Waals surface area contributed by atoms with Gasteiger partial charge in [-0.05, 0) is 49.6 Å². The van der Waals surface area contributed by atoms with Gasteiger partial charge in [-0.3, -0.25) is 13.9 Å². The second-order valence-electron chi connectivity index (χ2n) is 9.60. The zero-order chi connectivity index (χ0) is 29.1. The van der Waals surface area contributed by atoms with Crippen LogP contribution in [0.1, 0.15) is 44.2 Å². The molecule has 1 N–H and O–H groups in total. The van der Waals surface area contributed by atoms with Crippen LogP contribution in [0, 0.1) is 6.92 Å². The van der Waals surface area contributed by atoms with Gasteiger partial charge in [0.2, 0.25) is 11.8 Å². The summed E-state index contributed by atoms with van der Waals surface area (Å²) in [6.45, 7) is 6.04. The van der Waals surface area contributed by atoms with E-state index in [-0.39, 0.29) is 23.0 Å². The standard InChI is InChI=1S/C31H39N3O5S/c1-5-7-20-32-31(36)29(6-2)33(22-25-18-16-24(3)17-19-25)30(35)23-34(26-12-11-13-27(21-26)39-4)40(37,38)28-14-9-8-10-15-28/h8-19,21,29H,5-7,20,22-23H2,1-4H3,(H,32,36). The maximum Gasteiger partial charge on any atom is 0.264 e. The first kappa shape index (κ1) is 30.7. The summed E-state index contributed by atoms with van der Waals surface area (Å²) in [5.41, 5.74) is 2.20. The fourth-order valence-electron chi connectivity index (χ4n) is 4.33. The van der Waals surface area contributed by atoms with Gasteiger partial charge in [0.25, 0.3) is 10.0 Å². The Morgan fingerprint density at radius 3 is 2.27 bits per heavy atom. The number of amides is 2. The number of sulfonamides is 1. The van der Waals surface area contributed by atoms with Gasteiger partial charge in [0.1, 0.15) is 18.3 Å². The third-order valence-corrected chi connectivity index (χ3v) is 8.43. The van der Waals surface area contributed by atoms with E-state index in [0.29, 0.717) is 18.7 Å². The number of carbonyl (C=O) groups is 2. The van der Waals surface area contributed by atoms with Crippen LogP contribution in [0.25, 0.3) is 0 Å². The monoisotopic (exact) mass is 565 g/mol. The number of hydrogen-bond donors (Lipinski definition) is 1. The quantitative estimate of drug-likeness (QED) is 0.280. The number of rotatable bonds is 14. The maximum absolute atomic E-state index is 14.1. The number of aryl methyl sites for hydroxylation is 1. The number of carbonyl (C=O) groups excluding carboxylic acids is 2. The van der Waals surface area contributed by atoms with Crippen molar-refractivity contribution in [2.45, 2.75) is 57.5 Å². The lowest BCUT2D eigenvalue weighted by molar-refractivity contribution is -0.140. The van der Waals surface area contributed by atoms with Crippen LogP contribution in [0.2, 0.25) is 0 Å². The Kier molecular flexibility index (Phi) is 11.1. The second-order valence-corrected chi connectivity index (χ2v) is 11.5. The Morgan fingerprint density at radius 1 is 0.950 bits per heavy atom. The first-order valence-electron chi connectivity index (χ1n) is 13.6. The van der Waals surface area contributed by atoms with Crippen LogP contribution in [0.4, 0.5) is 5.69 Å². The summed E-state index contributed by atoms with van der Waals surface area (Å²) in [6.07, 6.45) is 2.13. The van der Waals surface area contributed by atoms with Crippen molar-refractivity contribution in [3.8, 4) is 5.75 Å². The largest absolute Gasteiger partial charge is 0.497 e. The summed E-state index contributed by atoms with van der Waals surface area (Å²) in [5.74, 6) is -0.285. The molecule has 0 aromatic heterocycles. The lowest BCUT2D eigenvalue weighted by atomic mass is 10.1. The van der Waals surface area contributed by atoms with Crippen molar-refractivity contribution in [1.82, 2.24) is 10.2 Å². The molecule has 0 aliphatic rings. The van der Waals surface area contributed by atoms with Gasteiger partial charge in [0, 0.05) is 19.2 Å². The highest BCUT2D eigenvalue weighted by molar-refractivity contribution is 7.92. The van der Waals surface area contributed by atoms with Gasteiger partial charge < -0.3 is 15.0 Å². The molecule has 9 heteroatoms. The Hall–Kier alpha value is -3.85. The Balaban J connectivity index is 2.03. The van der Waals surface area contributed by atoms with Crippen molar-refractivity contribution < 1.29 is 22.7 Å². The van der Waals surface area contributed by atoms with E-state index in [9.17, 15) is 18.0 Å². The molecule has 0 aliphatic carbocycles. The minimum absolute atomic E-state index is 0.0556. The summed E-state index contributed by atoms with van der Waals surface area (Å²) >= 11 is 0. The van der Waals surface area contributed by atoms with Crippen LogP contribution in [0.3, 0.4) is 0 Å². The van der Waals surface area contributed by atoms with Gasteiger partial charge >= 0.3 is 0 Å². The molecule has 3 aromatic carbocycles. The smallest absolute Gasteiger partial charge is 0.264 e. The molecular formula is C31H39N3O5S. The molecule has 3 aromatic rings. The second kappa shape index (κ2) is 14.5. The third-order valence-electron chi connectivity index (χ3n) is 6.64. The molecule has 0 radical (unpaired) electrons. The summed E-state index contributed by atoms with van der Waals surface area (Å²) in [6, 6.07) is 21.5. The number of nitrogens with one attached hydrogen (secondary N) is 1. The average molecular weight is 566 g/mol. The van der Waals surface area contributed by atoms with E-state index in [4.69, 9.17) is 4.74 Å².